The van der Waals surface area contributed by atoms with Crippen LogP contribution in [0.2, 0.25) is 0 Å². The van der Waals surface area contributed by atoms with Crippen molar-refractivity contribution < 1.29 is 14.3 Å². The van der Waals surface area contributed by atoms with E-state index in [1.165, 1.54) is 18.3 Å². The lowest BCUT2D eigenvalue weighted by atomic mass is 10.1. The van der Waals surface area contributed by atoms with Crippen LogP contribution in [0.4, 0.5) is 10.3 Å². The molecule has 1 aromatic carbocycles. The molecule has 0 aliphatic heterocycles. The Morgan fingerprint density at radius 1 is 1.53 bits per heavy atom. The van der Waals surface area contributed by atoms with E-state index >= 15 is 0 Å². The van der Waals surface area contributed by atoms with E-state index < -0.39 is 11.7 Å². The predicted molar refractivity (Wildman–Crippen MR) is 66.9 cm³/mol. The van der Waals surface area contributed by atoms with E-state index in [0.29, 0.717) is 5.56 Å². The largest absolute Gasteiger partial charge is 0.384 e. The summed E-state index contributed by atoms with van der Waals surface area (Å²) in [7, 11) is 0. The molecule has 0 saturated carbocycles. The Kier molecular flexibility index (Phi) is 3.90. The van der Waals surface area contributed by atoms with Gasteiger partial charge in [0.15, 0.2) is 0 Å². The zero-order chi connectivity index (χ0) is 13.7. The maximum absolute atomic E-state index is 13.7. The van der Waals surface area contributed by atoms with Gasteiger partial charge in [-0.3, -0.25) is 10.1 Å². The molecule has 5 nitrogen and oxygen atoms in total. The molecule has 0 saturated heterocycles. The predicted octanol–water partition coefficient (Wildman–Crippen LogP) is 1.14. The number of aliphatic hydroxyl groups excluding tert-OH is 1. The molecule has 0 bridgehead atoms. The van der Waals surface area contributed by atoms with Gasteiger partial charge in [-0.25, -0.2) is 9.37 Å². The third-order valence-corrected chi connectivity index (χ3v) is 2.26. The van der Waals surface area contributed by atoms with Crippen molar-refractivity contribution in [1.29, 1.82) is 0 Å². The molecule has 1 amide bonds. The number of aromatic amines is 1. The maximum atomic E-state index is 13.7. The highest BCUT2D eigenvalue weighted by Gasteiger charge is 2.12. The zero-order valence-corrected chi connectivity index (χ0v) is 9.77. The van der Waals surface area contributed by atoms with Crippen LogP contribution in [0, 0.1) is 17.7 Å². The molecule has 6 heteroatoms. The number of aliphatic hydroxyl groups is 1. The first-order chi connectivity index (χ1) is 9.20. The Hall–Kier alpha value is -2.65. The molecule has 0 unspecified atom stereocenters. The minimum Gasteiger partial charge on any atom is -0.384 e. The second-order valence-corrected chi connectivity index (χ2v) is 3.55. The van der Waals surface area contributed by atoms with Crippen molar-refractivity contribution in [2.24, 2.45) is 0 Å². The summed E-state index contributed by atoms with van der Waals surface area (Å²) in [6.07, 6.45) is 3.01. The van der Waals surface area contributed by atoms with E-state index in [1.807, 2.05) is 0 Å². The Balaban J connectivity index is 2.18. The van der Waals surface area contributed by atoms with Crippen LogP contribution in [0.1, 0.15) is 15.9 Å². The van der Waals surface area contributed by atoms with Gasteiger partial charge in [0.1, 0.15) is 12.4 Å². The number of rotatable bonds is 2. The van der Waals surface area contributed by atoms with Crippen molar-refractivity contribution in [3.8, 4) is 11.8 Å². The number of nitrogens with one attached hydrogen (secondary N) is 2. The van der Waals surface area contributed by atoms with Gasteiger partial charge >= 0.3 is 0 Å². The van der Waals surface area contributed by atoms with Gasteiger partial charge < -0.3 is 10.1 Å². The maximum Gasteiger partial charge on any atom is 0.260 e. The fourth-order valence-electron chi connectivity index (χ4n) is 1.43. The van der Waals surface area contributed by atoms with Crippen molar-refractivity contribution in [2.45, 2.75) is 0 Å². The number of amides is 1. The number of hydrogen-bond acceptors (Lipinski definition) is 3. The topological polar surface area (TPSA) is 78.0 Å². The Bertz CT molecular complexity index is 642. The average Bonchev–Trinajstić information content (AvgIpc) is 2.89. The van der Waals surface area contributed by atoms with Crippen LogP contribution in [-0.4, -0.2) is 27.6 Å². The smallest absolute Gasteiger partial charge is 0.260 e. The van der Waals surface area contributed by atoms with Gasteiger partial charge in [-0.2, -0.15) is 0 Å². The summed E-state index contributed by atoms with van der Waals surface area (Å²) in [6, 6.07) is 3.97. The van der Waals surface area contributed by atoms with Gasteiger partial charge in [-0.15, -0.1) is 0 Å². The molecular weight excluding hydrogens is 249 g/mol. The highest BCUT2D eigenvalue weighted by atomic mass is 19.1. The van der Waals surface area contributed by atoms with Crippen molar-refractivity contribution >= 4 is 11.9 Å². The molecule has 0 aliphatic carbocycles. The Labute approximate surface area is 108 Å². The molecule has 0 aliphatic rings. The molecule has 0 radical (unpaired) electrons. The Morgan fingerprint density at radius 2 is 2.37 bits per heavy atom. The molecule has 0 fully saturated rings. The van der Waals surface area contributed by atoms with Crippen molar-refractivity contribution in [1.82, 2.24) is 9.97 Å². The lowest BCUT2D eigenvalue weighted by molar-refractivity contribution is 0.102. The normalized spacial score (nSPS) is 9.58. The van der Waals surface area contributed by atoms with Gasteiger partial charge in [0.05, 0.1) is 5.56 Å². The summed E-state index contributed by atoms with van der Waals surface area (Å²) in [5.74, 6) is 3.91. The first-order valence-corrected chi connectivity index (χ1v) is 5.40. The third kappa shape index (κ3) is 3.18. The standard InChI is InChI=1S/C13H10FN3O2/c14-11-8-9(2-1-7-18)3-4-10(11)12(19)17-13-15-5-6-16-13/h3-6,8,18H,7H2,(H2,15,16,17,19). The molecule has 2 rings (SSSR count). The molecular formula is C13H10FN3O2. The van der Waals surface area contributed by atoms with Crippen LogP contribution in [0.5, 0.6) is 0 Å². The van der Waals surface area contributed by atoms with Gasteiger partial charge in [0, 0.05) is 18.0 Å². The lowest BCUT2D eigenvalue weighted by Gasteiger charge is -2.03. The Morgan fingerprint density at radius 3 is 3.00 bits per heavy atom. The molecule has 96 valence electrons. The second kappa shape index (κ2) is 5.80. The number of carbonyl (C=O) groups excluding carboxylic acids is 1. The van der Waals surface area contributed by atoms with Crippen LogP contribution < -0.4 is 5.32 Å². The van der Waals surface area contributed by atoms with Crippen molar-refractivity contribution in [3.63, 3.8) is 0 Å². The molecule has 1 aromatic heterocycles. The van der Waals surface area contributed by atoms with Gasteiger partial charge in [-0.1, -0.05) is 11.8 Å². The number of imidazole rings is 1. The number of H-pyrrole nitrogens is 1. The van der Waals surface area contributed by atoms with Gasteiger partial charge in [0.2, 0.25) is 5.95 Å². The number of nitrogens with zero attached hydrogens (tertiary/aromatic N) is 1. The SMILES string of the molecule is O=C(Nc1ncc[nH]1)c1ccc(C#CCO)cc1F. The van der Waals surface area contributed by atoms with Crippen LogP contribution in [0.15, 0.2) is 30.6 Å². The van der Waals surface area contributed by atoms with Gasteiger partial charge in [0.25, 0.3) is 5.91 Å². The zero-order valence-electron chi connectivity index (χ0n) is 9.77. The monoisotopic (exact) mass is 259 g/mol. The summed E-state index contributed by atoms with van der Waals surface area (Å²) in [6.45, 7) is -0.303. The number of anilines is 1. The van der Waals surface area contributed by atoms with Crippen LogP contribution in [0.3, 0.4) is 0 Å². The average molecular weight is 259 g/mol. The summed E-state index contributed by atoms with van der Waals surface area (Å²) in [5.41, 5.74) is 0.284. The van der Waals surface area contributed by atoms with Crippen LogP contribution in [-0.2, 0) is 0 Å². The van der Waals surface area contributed by atoms with E-state index in [4.69, 9.17) is 5.11 Å². The lowest BCUT2D eigenvalue weighted by Crippen LogP contribution is -2.14. The fraction of sp³-hybridized carbons (Fsp3) is 0.0769. The first kappa shape index (κ1) is 12.8. The first-order valence-electron chi connectivity index (χ1n) is 5.40. The number of hydrogen-bond donors (Lipinski definition) is 3. The van der Waals surface area contributed by atoms with E-state index in [2.05, 4.69) is 27.1 Å². The van der Waals surface area contributed by atoms with Crippen molar-refractivity contribution in [2.75, 3.05) is 11.9 Å². The minimum absolute atomic E-state index is 0.106. The highest BCUT2D eigenvalue weighted by molar-refractivity contribution is 6.03. The second-order valence-electron chi connectivity index (χ2n) is 3.55. The van der Waals surface area contributed by atoms with Crippen LogP contribution >= 0.6 is 0 Å². The number of carbonyl (C=O) groups is 1. The molecule has 0 atom stereocenters. The summed E-state index contributed by atoms with van der Waals surface area (Å²) in [5, 5.41) is 11.0. The third-order valence-electron chi connectivity index (χ3n) is 2.26. The summed E-state index contributed by atoms with van der Waals surface area (Å²) in [4.78, 5) is 18.3. The summed E-state index contributed by atoms with van der Waals surface area (Å²) < 4.78 is 13.7. The summed E-state index contributed by atoms with van der Waals surface area (Å²) >= 11 is 0. The van der Waals surface area contributed by atoms with E-state index in [-0.39, 0.29) is 18.1 Å². The van der Waals surface area contributed by atoms with Gasteiger partial charge in [-0.05, 0) is 18.2 Å². The quantitative estimate of drug-likeness (QED) is 0.708. The molecule has 3 N–H and O–H groups in total. The number of aromatic nitrogens is 2. The molecule has 2 aromatic rings. The van der Waals surface area contributed by atoms with Crippen molar-refractivity contribution in [3.05, 3.63) is 47.5 Å². The number of halogens is 1. The molecule has 0 spiro atoms. The van der Waals surface area contributed by atoms with E-state index in [9.17, 15) is 9.18 Å². The highest BCUT2D eigenvalue weighted by Crippen LogP contribution is 2.11. The number of benzene rings is 1. The van der Waals surface area contributed by atoms with Crippen LogP contribution in [0.25, 0.3) is 0 Å². The van der Waals surface area contributed by atoms with E-state index in [0.717, 1.165) is 6.07 Å². The minimum atomic E-state index is -0.686. The fourth-order valence-corrected chi connectivity index (χ4v) is 1.43. The molecule has 19 heavy (non-hydrogen) atoms. The molecule has 1 heterocycles. The van der Waals surface area contributed by atoms with E-state index in [1.54, 1.807) is 6.20 Å².